The molecule has 0 aliphatic rings. The quantitative estimate of drug-likeness (QED) is 0.640. The van der Waals surface area contributed by atoms with E-state index in [2.05, 4.69) is 21.1 Å². The molecule has 1 aromatic heterocycles. The molecule has 0 aromatic carbocycles. The van der Waals surface area contributed by atoms with Gasteiger partial charge >= 0.3 is 0 Å². The van der Waals surface area contributed by atoms with Gasteiger partial charge < -0.3 is 4.52 Å². The van der Waals surface area contributed by atoms with Gasteiger partial charge in [0.2, 0.25) is 0 Å². The van der Waals surface area contributed by atoms with Gasteiger partial charge in [0.1, 0.15) is 4.60 Å². The molecule has 0 aliphatic carbocycles. The van der Waals surface area contributed by atoms with E-state index in [0.717, 1.165) is 9.70 Å². The van der Waals surface area contributed by atoms with Crippen molar-refractivity contribution in [3.63, 3.8) is 0 Å². The zero-order chi connectivity index (χ0) is 5.98. The van der Waals surface area contributed by atoms with E-state index in [9.17, 15) is 0 Å². The standard InChI is InChI=1S/C4H4BrNOS/c1-8-4-2-3(5)6-7-4/h2H,1H3. The molecule has 0 aliphatic heterocycles. The van der Waals surface area contributed by atoms with E-state index >= 15 is 0 Å². The van der Waals surface area contributed by atoms with Crippen molar-refractivity contribution in [3.8, 4) is 0 Å². The van der Waals surface area contributed by atoms with E-state index in [1.54, 1.807) is 0 Å². The Hall–Kier alpha value is 0.0400. The van der Waals surface area contributed by atoms with Crippen LogP contribution in [0, 0.1) is 0 Å². The molecule has 0 bridgehead atoms. The first-order valence-electron chi connectivity index (χ1n) is 1.99. The molecule has 1 aromatic rings. The average molecular weight is 194 g/mol. The summed E-state index contributed by atoms with van der Waals surface area (Å²) >= 11 is 4.69. The van der Waals surface area contributed by atoms with Gasteiger partial charge in [-0.2, -0.15) is 0 Å². The summed E-state index contributed by atoms with van der Waals surface area (Å²) in [5.41, 5.74) is 0. The van der Waals surface area contributed by atoms with Gasteiger partial charge in [-0.3, -0.25) is 0 Å². The highest BCUT2D eigenvalue weighted by Crippen LogP contribution is 2.17. The third kappa shape index (κ3) is 1.26. The lowest BCUT2D eigenvalue weighted by Crippen LogP contribution is -1.52. The molecule has 0 amide bonds. The predicted molar refractivity (Wildman–Crippen MR) is 36.0 cm³/mol. The minimum absolute atomic E-state index is 0.752. The van der Waals surface area contributed by atoms with Crippen LogP contribution in [0.1, 0.15) is 0 Å². The first kappa shape index (κ1) is 6.16. The minimum atomic E-state index is 0.752. The molecule has 2 nitrogen and oxygen atoms in total. The lowest BCUT2D eigenvalue weighted by atomic mass is 10.8. The fourth-order valence-electron chi connectivity index (χ4n) is 0.335. The van der Waals surface area contributed by atoms with Crippen LogP contribution in [0.15, 0.2) is 20.3 Å². The van der Waals surface area contributed by atoms with Gasteiger partial charge in [-0.15, -0.1) is 0 Å². The molecule has 4 heteroatoms. The first-order valence-corrected chi connectivity index (χ1v) is 4.01. The van der Waals surface area contributed by atoms with E-state index in [1.165, 1.54) is 11.8 Å². The van der Waals surface area contributed by atoms with E-state index < -0.39 is 0 Å². The van der Waals surface area contributed by atoms with Crippen LogP contribution in [-0.2, 0) is 0 Å². The number of hydrogen-bond donors (Lipinski definition) is 0. The van der Waals surface area contributed by atoms with Gasteiger partial charge in [0.05, 0.1) is 0 Å². The fourth-order valence-corrected chi connectivity index (χ4v) is 1.11. The Kier molecular flexibility index (Phi) is 1.96. The molecule has 0 N–H and O–H groups in total. The second-order valence-corrected chi connectivity index (χ2v) is 2.80. The second-order valence-electron chi connectivity index (χ2n) is 1.17. The van der Waals surface area contributed by atoms with Crippen LogP contribution in [-0.4, -0.2) is 11.4 Å². The maximum atomic E-state index is 4.78. The van der Waals surface area contributed by atoms with Crippen LogP contribution < -0.4 is 0 Å². The highest BCUT2D eigenvalue weighted by Gasteiger charge is 1.95. The molecule has 1 heterocycles. The highest BCUT2D eigenvalue weighted by molar-refractivity contribution is 9.10. The van der Waals surface area contributed by atoms with Crippen molar-refractivity contribution in [2.45, 2.75) is 5.09 Å². The number of hydrogen-bond acceptors (Lipinski definition) is 3. The Bertz CT molecular complexity index is 176. The van der Waals surface area contributed by atoms with Crippen molar-refractivity contribution < 1.29 is 4.52 Å². The van der Waals surface area contributed by atoms with Gasteiger partial charge in [0, 0.05) is 6.07 Å². The smallest absolute Gasteiger partial charge is 0.194 e. The summed E-state index contributed by atoms with van der Waals surface area (Å²) in [6, 6.07) is 1.82. The van der Waals surface area contributed by atoms with E-state index in [-0.39, 0.29) is 0 Å². The normalized spacial score (nSPS) is 9.75. The molecule has 0 atom stereocenters. The third-order valence-corrected chi connectivity index (χ3v) is 1.63. The Balaban J connectivity index is 2.84. The lowest BCUT2D eigenvalue weighted by Gasteiger charge is -1.76. The van der Waals surface area contributed by atoms with Gasteiger partial charge in [0.25, 0.3) is 0 Å². The van der Waals surface area contributed by atoms with Crippen LogP contribution in [0.25, 0.3) is 0 Å². The largest absolute Gasteiger partial charge is 0.349 e. The Morgan fingerprint density at radius 2 is 2.62 bits per heavy atom. The summed E-state index contributed by atoms with van der Waals surface area (Å²) in [5, 5.41) is 4.44. The molecular weight excluding hydrogens is 190 g/mol. The van der Waals surface area contributed by atoms with Crippen molar-refractivity contribution in [1.82, 2.24) is 5.16 Å². The number of nitrogens with zero attached hydrogens (tertiary/aromatic N) is 1. The molecule has 0 saturated carbocycles. The summed E-state index contributed by atoms with van der Waals surface area (Å²) in [4.78, 5) is 0. The van der Waals surface area contributed by atoms with E-state index in [0.29, 0.717) is 0 Å². The summed E-state index contributed by atoms with van der Waals surface area (Å²) in [7, 11) is 0. The monoisotopic (exact) mass is 193 g/mol. The lowest BCUT2D eigenvalue weighted by molar-refractivity contribution is 0.347. The van der Waals surface area contributed by atoms with Crippen LogP contribution >= 0.6 is 27.7 Å². The van der Waals surface area contributed by atoms with E-state index in [1.807, 2.05) is 12.3 Å². The van der Waals surface area contributed by atoms with Gasteiger partial charge in [0.15, 0.2) is 5.09 Å². The zero-order valence-corrected chi connectivity index (χ0v) is 6.62. The zero-order valence-electron chi connectivity index (χ0n) is 4.22. The summed E-state index contributed by atoms with van der Waals surface area (Å²) in [6.07, 6.45) is 1.94. The SMILES string of the molecule is CSc1cc(Br)no1. The molecule has 0 fully saturated rings. The highest BCUT2D eigenvalue weighted by atomic mass is 79.9. The molecule has 0 saturated heterocycles. The summed E-state index contributed by atoms with van der Waals surface area (Å²) in [6.45, 7) is 0. The molecule has 0 spiro atoms. The van der Waals surface area contributed by atoms with Crippen LogP contribution in [0.2, 0.25) is 0 Å². The average Bonchev–Trinajstić information content (AvgIpc) is 2.14. The Morgan fingerprint density at radius 1 is 1.88 bits per heavy atom. The molecule has 44 valence electrons. The number of halogens is 1. The summed E-state index contributed by atoms with van der Waals surface area (Å²) in [5.74, 6) is 0. The maximum Gasteiger partial charge on any atom is 0.194 e. The van der Waals surface area contributed by atoms with Crippen molar-refractivity contribution >= 4 is 27.7 Å². The predicted octanol–water partition coefficient (Wildman–Crippen LogP) is 2.16. The minimum Gasteiger partial charge on any atom is -0.349 e. The van der Waals surface area contributed by atoms with Gasteiger partial charge in [-0.05, 0) is 22.2 Å². The maximum absolute atomic E-state index is 4.78. The molecule has 8 heavy (non-hydrogen) atoms. The molecular formula is C4H4BrNOS. The topological polar surface area (TPSA) is 26.0 Å². The third-order valence-electron chi connectivity index (χ3n) is 0.661. The fraction of sp³-hybridized carbons (Fsp3) is 0.250. The van der Waals surface area contributed by atoms with Crippen molar-refractivity contribution in [1.29, 1.82) is 0 Å². The number of rotatable bonds is 1. The van der Waals surface area contributed by atoms with Crippen LogP contribution in [0.5, 0.6) is 0 Å². The van der Waals surface area contributed by atoms with Gasteiger partial charge in [-0.1, -0.05) is 16.9 Å². The van der Waals surface area contributed by atoms with Crippen molar-refractivity contribution in [3.05, 3.63) is 10.7 Å². The number of thioether (sulfide) groups is 1. The molecule has 0 unspecified atom stereocenters. The van der Waals surface area contributed by atoms with Crippen LogP contribution in [0.3, 0.4) is 0 Å². The summed E-state index contributed by atoms with van der Waals surface area (Å²) < 4.78 is 5.53. The molecule has 1 rings (SSSR count). The van der Waals surface area contributed by atoms with Crippen molar-refractivity contribution in [2.75, 3.05) is 6.26 Å². The number of aromatic nitrogens is 1. The second kappa shape index (κ2) is 2.55. The Morgan fingerprint density at radius 3 is 2.88 bits per heavy atom. The molecule has 0 radical (unpaired) electrons. The van der Waals surface area contributed by atoms with Crippen molar-refractivity contribution in [2.24, 2.45) is 0 Å². The Labute approximate surface area is 59.8 Å². The van der Waals surface area contributed by atoms with Crippen LogP contribution in [0.4, 0.5) is 0 Å². The first-order chi connectivity index (χ1) is 3.83. The van der Waals surface area contributed by atoms with Gasteiger partial charge in [-0.25, -0.2) is 0 Å². The van der Waals surface area contributed by atoms with E-state index in [4.69, 9.17) is 4.52 Å².